The molecule has 0 radical (unpaired) electrons. The first-order chi connectivity index (χ1) is 8.86. The Morgan fingerprint density at radius 2 is 1.84 bits per heavy atom. The number of aromatic nitrogens is 2. The van der Waals surface area contributed by atoms with Gasteiger partial charge in [0.1, 0.15) is 0 Å². The zero-order valence-electron chi connectivity index (χ0n) is 12.6. The highest BCUT2D eigenvalue weighted by atomic mass is 16.7. The normalized spacial score (nSPS) is 25.0. The van der Waals surface area contributed by atoms with Gasteiger partial charge in [-0.2, -0.15) is 5.10 Å². The van der Waals surface area contributed by atoms with Gasteiger partial charge in [0.15, 0.2) is 0 Å². The summed E-state index contributed by atoms with van der Waals surface area (Å²) in [6.07, 6.45) is 4.53. The van der Waals surface area contributed by atoms with Gasteiger partial charge in [0.2, 0.25) is 0 Å². The minimum absolute atomic E-state index is 0.289. The van der Waals surface area contributed by atoms with E-state index in [9.17, 15) is 0 Å². The Morgan fingerprint density at radius 3 is 2.32 bits per heavy atom. The van der Waals surface area contributed by atoms with Crippen LogP contribution in [0.2, 0.25) is 0 Å². The maximum atomic E-state index is 6.19. The van der Waals surface area contributed by atoms with E-state index in [4.69, 9.17) is 9.31 Å². The molecule has 104 valence electrons. The minimum Gasteiger partial charge on any atom is -0.398 e. The summed E-state index contributed by atoms with van der Waals surface area (Å²) >= 11 is 0. The predicted molar refractivity (Wildman–Crippen MR) is 75.6 cm³/mol. The van der Waals surface area contributed by atoms with Crippen molar-refractivity contribution in [2.45, 2.75) is 71.1 Å². The van der Waals surface area contributed by atoms with Crippen molar-refractivity contribution in [3.05, 3.63) is 11.8 Å². The van der Waals surface area contributed by atoms with E-state index in [1.165, 1.54) is 18.4 Å². The van der Waals surface area contributed by atoms with Crippen molar-refractivity contribution in [3.63, 3.8) is 0 Å². The average molecular weight is 262 g/mol. The lowest BCUT2D eigenvalue weighted by molar-refractivity contribution is 0.00578. The van der Waals surface area contributed by atoms with Crippen LogP contribution < -0.4 is 5.59 Å². The van der Waals surface area contributed by atoms with Crippen LogP contribution in [0.25, 0.3) is 0 Å². The maximum absolute atomic E-state index is 6.19. The van der Waals surface area contributed by atoms with Crippen molar-refractivity contribution in [3.8, 4) is 0 Å². The van der Waals surface area contributed by atoms with Gasteiger partial charge in [-0.25, -0.2) is 0 Å². The lowest BCUT2D eigenvalue weighted by Gasteiger charge is -2.32. The lowest BCUT2D eigenvalue weighted by atomic mass is 9.80. The van der Waals surface area contributed by atoms with Gasteiger partial charge in [0, 0.05) is 6.54 Å². The fraction of sp³-hybridized carbons (Fsp3) is 0.786. The van der Waals surface area contributed by atoms with Gasteiger partial charge in [-0.1, -0.05) is 0 Å². The molecule has 1 saturated heterocycles. The van der Waals surface area contributed by atoms with E-state index < -0.39 is 0 Å². The van der Waals surface area contributed by atoms with Gasteiger partial charge in [-0.3, -0.25) is 4.68 Å². The largest absolute Gasteiger partial charge is 0.514 e. The Hall–Kier alpha value is -0.805. The van der Waals surface area contributed by atoms with E-state index in [0.29, 0.717) is 5.92 Å². The van der Waals surface area contributed by atoms with Crippen molar-refractivity contribution in [2.24, 2.45) is 0 Å². The van der Waals surface area contributed by atoms with E-state index in [1.807, 2.05) is 10.9 Å². The number of aryl methyl sites for hydroxylation is 1. The molecule has 1 aliphatic heterocycles. The number of hydrogen-bond donors (Lipinski definition) is 0. The molecule has 3 rings (SSSR count). The summed E-state index contributed by atoms with van der Waals surface area (Å²) in [7, 11) is -0.289. The summed E-state index contributed by atoms with van der Waals surface area (Å²) in [6, 6.07) is 0. The topological polar surface area (TPSA) is 36.3 Å². The lowest BCUT2D eigenvalue weighted by Crippen LogP contribution is -2.41. The Bertz CT molecular complexity index is 476. The van der Waals surface area contributed by atoms with E-state index in [1.54, 1.807) is 0 Å². The van der Waals surface area contributed by atoms with E-state index in [0.717, 1.165) is 12.1 Å². The maximum Gasteiger partial charge on any atom is 0.514 e. The van der Waals surface area contributed by atoms with Crippen LogP contribution in [-0.4, -0.2) is 28.1 Å². The van der Waals surface area contributed by atoms with Crippen LogP contribution >= 0.6 is 0 Å². The van der Waals surface area contributed by atoms with Crippen LogP contribution in [0.1, 0.15) is 58.9 Å². The fourth-order valence-corrected chi connectivity index (χ4v) is 2.58. The first kappa shape index (κ1) is 13.2. The highest BCUT2D eigenvalue weighted by molar-refractivity contribution is 6.61. The van der Waals surface area contributed by atoms with Crippen LogP contribution in [0, 0.1) is 0 Å². The molecule has 2 aliphatic rings. The van der Waals surface area contributed by atoms with Crippen molar-refractivity contribution in [1.29, 1.82) is 0 Å². The molecule has 0 N–H and O–H groups in total. The Labute approximate surface area is 115 Å². The molecule has 1 aromatic rings. The third kappa shape index (κ3) is 2.03. The van der Waals surface area contributed by atoms with E-state index in [2.05, 4.69) is 39.7 Å². The minimum atomic E-state index is -0.290. The van der Waals surface area contributed by atoms with Crippen molar-refractivity contribution in [1.82, 2.24) is 9.78 Å². The third-order valence-electron chi connectivity index (χ3n) is 4.70. The molecule has 2 fully saturated rings. The van der Waals surface area contributed by atoms with Gasteiger partial charge in [0.25, 0.3) is 0 Å². The molecular formula is C14H23BN2O2. The first-order valence-electron chi connectivity index (χ1n) is 7.27. The first-order valence-corrected chi connectivity index (χ1v) is 7.27. The van der Waals surface area contributed by atoms with Crippen molar-refractivity contribution >= 4 is 12.7 Å². The van der Waals surface area contributed by atoms with Crippen LogP contribution in [0.5, 0.6) is 0 Å². The Morgan fingerprint density at radius 1 is 1.26 bits per heavy atom. The van der Waals surface area contributed by atoms with Gasteiger partial charge >= 0.3 is 7.12 Å². The van der Waals surface area contributed by atoms with E-state index >= 15 is 0 Å². The molecule has 2 heterocycles. The van der Waals surface area contributed by atoms with Crippen LogP contribution in [-0.2, 0) is 15.9 Å². The highest BCUT2D eigenvalue weighted by Gasteiger charge is 2.54. The molecule has 0 unspecified atom stereocenters. The van der Waals surface area contributed by atoms with Gasteiger partial charge in [-0.05, 0) is 58.9 Å². The second-order valence-corrected chi connectivity index (χ2v) is 6.66. The van der Waals surface area contributed by atoms with Gasteiger partial charge < -0.3 is 9.31 Å². The second kappa shape index (κ2) is 4.09. The Kier molecular flexibility index (Phi) is 2.84. The smallest absolute Gasteiger partial charge is 0.398 e. The summed E-state index contributed by atoms with van der Waals surface area (Å²) in [5.41, 5.74) is 1.87. The summed E-state index contributed by atoms with van der Waals surface area (Å²) in [5.74, 6) is 0.661. The molecule has 1 saturated carbocycles. The number of hydrogen-bond acceptors (Lipinski definition) is 3. The monoisotopic (exact) mass is 262 g/mol. The number of nitrogens with zero attached hydrogens (tertiary/aromatic N) is 2. The second-order valence-electron chi connectivity index (χ2n) is 6.66. The zero-order valence-corrected chi connectivity index (χ0v) is 12.6. The SMILES string of the molecule is CCn1ncc(C2CC2)c1B1OC(C)(C)C(C)(C)O1. The predicted octanol–water partition coefficient (Wildman–Crippen LogP) is 2.08. The summed E-state index contributed by atoms with van der Waals surface area (Å²) in [4.78, 5) is 0. The highest BCUT2D eigenvalue weighted by Crippen LogP contribution is 2.41. The molecule has 1 aliphatic carbocycles. The molecular weight excluding hydrogens is 239 g/mol. The summed E-state index contributed by atoms with van der Waals surface area (Å²) < 4.78 is 14.4. The fourth-order valence-electron chi connectivity index (χ4n) is 2.58. The molecule has 0 aromatic carbocycles. The van der Waals surface area contributed by atoms with Crippen LogP contribution in [0.15, 0.2) is 6.20 Å². The Balaban J connectivity index is 1.97. The molecule has 0 bridgehead atoms. The average Bonchev–Trinajstić information content (AvgIpc) is 3.01. The summed E-state index contributed by atoms with van der Waals surface area (Å²) in [5, 5.41) is 4.49. The quantitative estimate of drug-likeness (QED) is 0.782. The molecule has 0 atom stereocenters. The van der Waals surface area contributed by atoms with Crippen LogP contribution in [0.3, 0.4) is 0 Å². The van der Waals surface area contributed by atoms with E-state index in [-0.39, 0.29) is 18.3 Å². The van der Waals surface area contributed by atoms with Gasteiger partial charge in [0.05, 0.1) is 23.0 Å². The van der Waals surface area contributed by atoms with Crippen molar-refractivity contribution < 1.29 is 9.31 Å². The van der Waals surface area contributed by atoms with Crippen LogP contribution in [0.4, 0.5) is 0 Å². The molecule has 19 heavy (non-hydrogen) atoms. The standard InChI is InChI=1S/C14H23BN2O2/c1-6-17-12(11(9-16-17)10-7-8-10)15-18-13(2,3)14(4,5)19-15/h9-10H,6-8H2,1-5H3. The third-order valence-corrected chi connectivity index (χ3v) is 4.70. The molecule has 1 aromatic heterocycles. The summed E-state index contributed by atoms with van der Waals surface area (Å²) in [6.45, 7) is 11.3. The molecule has 5 heteroatoms. The number of rotatable bonds is 3. The molecule has 0 spiro atoms. The molecule has 0 amide bonds. The molecule has 4 nitrogen and oxygen atoms in total. The van der Waals surface area contributed by atoms with Crippen molar-refractivity contribution in [2.75, 3.05) is 0 Å². The van der Waals surface area contributed by atoms with Gasteiger partial charge in [-0.15, -0.1) is 0 Å². The zero-order chi connectivity index (χ0) is 13.8.